The van der Waals surface area contributed by atoms with Crippen LogP contribution in [-0.4, -0.2) is 17.3 Å². The molecular weight excluding hydrogens is 300 g/mol. The molecule has 3 heteroatoms. The lowest BCUT2D eigenvalue weighted by molar-refractivity contribution is -0.159. The molecule has 0 radical (unpaired) electrons. The van der Waals surface area contributed by atoms with E-state index >= 15 is 0 Å². The molecule has 0 aromatic carbocycles. The molecule has 7 atom stereocenters. The zero-order chi connectivity index (χ0) is 17.3. The fourth-order valence-electron chi connectivity index (χ4n) is 7.07. The van der Waals surface area contributed by atoms with Gasteiger partial charge in [0.15, 0.2) is 0 Å². The van der Waals surface area contributed by atoms with Crippen molar-refractivity contribution in [1.82, 2.24) is 0 Å². The summed E-state index contributed by atoms with van der Waals surface area (Å²) in [6.07, 6.45) is 7.18. The zero-order valence-electron chi connectivity index (χ0n) is 15.3. The second-order valence-corrected chi connectivity index (χ2v) is 9.61. The third kappa shape index (κ3) is 2.05. The molecule has 4 rings (SSSR count). The average Bonchev–Trinajstić information content (AvgIpc) is 2.83. The van der Waals surface area contributed by atoms with Crippen molar-refractivity contribution in [1.29, 1.82) is 0 Å². The third-order valence-corrected chi connectivity index (χ3v) is 8.75. The Bertz CT molecular complexity index is 608. The highest BCUT2D eigenvalue weighted by Gasteiger charge is 2.62. The quantitative estimate of drug-likeness (QED) is 0.730. The van der Waals surface area contributed by atoms with Gasteiger partial charge in [0, 0.05) is 30.1 Å². The van der Waals surface area contributed by atoms with Gasteiger partial charge in [-0.2, -0.15) is 0 Å². The lowest BCUT2D eigenvalue weighted by atomic mass is 9.44. The van der Waals surface area contributed by atoms with E-state index in [0.29, 0.717) is 42.0 Å². The molecule has 0 aromatic heterocycles. The highest BCUT2D eigenvalue weighted by atomic mass is 16.1. The monoisotopic (exact) mass is 330 g/mol. The van der Waals surface area contributed by atoms with Gasteiger partial charge in [-0.15, -0.1) is 0 Å². The Morgan fingerprint density at radius 2 is 1.79 bits per heavy atom. The van der Waals surface area contributed by atoms with Crippen molar-refractivity contribution in [2.75, 3.05) is 0 Å². The smallest absolute Gasteiger partial charge is 0.139 e. The number of ketones is 3. The summed E-state index contributed by atoms with van der Waals surface area (Å²) in [5.41, 5.74) is -0.0475. The van der Waals surface area contributed by atoms with Crippen molar-refractivity contribution >= 4 is 17.3 Å². The molecule has 0 N–H and O–H groups in total. The summed E-state index contributed by atoms with van der Waals surface area (Å²) in [6, 6.07) is 0. The number of fused-ring (bicyclic) bond motifs is 5. The van der Waals surface area contributed by atoms with Gasteiger partial charge in [0.05, 0.1) is 0 Å². The predicted molar refractivity (Wildman–Crippen MR) is 91.3 cm³/mol. The summed E-state index contributed by atoms with van der Waals surface area (Å²) in [5, 5.41) is 0. The van der Waals surface area contributed by atoms with Crippen molar-refractivity contribution < 1.29 is 14.4 Å². The van der Waals surface area contributed by atoms with E-state index in [4.69, 9.17) is 0 Å². The van der Waals surface area contributed by atoms with Crippen LogP contribution in [0.15, 0.2) is 0 Å². The molecule has 4 saturated carbocycles. The first kappa shape index (κ1) is 16.5. The van der Waals surface area contributed by atoms with Gasteiger partial charge in [-0.05, 0) is 68.6 Å². The topological polar surface area (TPSA) is 51.2 Å². The number of hydrogen-bond donors (Lipinski definition) is 0. The summed E-state index contributed by atoms with van der Waals surface area (Å²) >= 11 is 0. The fraction of sp³-hybridized carbons (Fsp3) is 0.857. The molecule has 132 valence electrons. The molecule has 0 bridgehead atoms. The van der Waals surface area contributed by atoms with Gasteiger partial charge in [0.2, 0.25) is 0 Å². The van der Waals surface area contributed by atoms with Gasteiger partial charge in [-0.3, -0.25) is 14.4 Å². The SMILES string of the molecule is CC(=O)[C@@H]1CC[C@@]2(C)[C@@H](CC(=O)[C@H]3[C@H]2CC[C@]2(C)C(=O)CC[C@H]32)C1. The van der Waals surface area contributed by atoms with E-state index in [1.54, 1.807) is 6.92 Å². The van der Waals surface area contributed by atoms with E-state index in [1.165, 1.54) is 0 Å². The lowest BCUT2D eigenvalue weighted by Crippen LogP contribution is -2.57. The molecule has 24 heavy (non-hydrogen) atoms. The molecule has 4 aliphatic carbocycles. The van der Waals surface area contributed by atoms with E-state index < -0.39 is 0 Å². The summed E-state index contributed by atoms with van der Waals surface area (Å²) in [6.45, 7) is 6.21. The maximum Gasteiger partial charge on any atom is 0.139 e. The van der Waals surface area contributed by atoms with Gasteiger partial charge in [-0.1, -0.05) is 13.8 Å². The molecule has 0 saturated heterocycles. The number of Topliss-reactive ketones (excluding diaryl/α,β-unsaturated/α-hetero) is 3. The Morgan fingerprint density at radius 3 is 2.50 bits per heavy atom. The molecule has 4 aliphatic rings. The van der Waals surface area contributed by atoms with Crippen LogP contribution in [0.1, 0.15) is 72.1 Å². The van der Waals surface area contributed by atoms with Crippen molar-refractivity contribution in [3.63, 3.8) is 0 Å². The van der Waals surface area contributed by atoms with Crippen LogP contribution in [0.2, 0.25) is 0 Å². The first-order chi connectivity index (χ1) is 11.3. The second-order valence-electron chi connectivity index (χ2n) is 9.61. The molecule has 0 amide bonds. The Kier molecular flexibility index (Phi) is 3.61. The highest BCUT2D eigenvalue weighted by Crippen LogP contribution is 2.64. The Balaban J connectivity index is 1.66. The third-order valence-electron chi connectivity index (χ3n) is 8.75. The van der Waals surface area contributed by atoms with Crippen LogP contribution in [0.3, 0.4) is 0 Å². The van der Waals surface area contributed by atoms with Crippen LogP contribution < -0.4 is 0 Å². The van der Waals surface area contributed by atoms with Crippen molar-refractivity contribution in [2.24, 2.45) is 40.4 Å². The minimum atomic E-state index is -0.239. The Hall–Kier alpha value is -0.990. The maximum atomic E-state index is 13.1. The lowest BCUT2D eigenvalue weighted by Gasteiger charge is -2.59. The molecule has 3 nitrogen and oxygen atoms in total. The largest absolute Gasteiger partial charge is 0.300 e. The minimum absolute atomic E-state index is 0.102. The van der Waals surface area contributed by atoms with Crippen LogP contribution in [0.25, 0.3) is 0 Å². The second kappa shape index (κ2) is 5.25. The summed E-state index contributed by atoms with van der Waals surface area (Å²) < 4.78 is 0. The molecule has 0 heterocycles. The molecule has 0 unspecified atom stereocenters. The Morgan fingerprint density at radius 1 is 1.04 bits per heavy atom. The predicted octanol–water partition coefficient (Wildman–Crippen LogP) is 3.98. The van der Waals surface area contributed by atoms with E-state index in [1.807, 2.05) is 0 Å². The van der Waals surface area contributed by atoms with Crippen LogP contribution in [0.5, 0.6) is 0 Å². The van der Waals surface area contributed by atoms with Crippen LogP contribution >= 0.6 is 0 Å². The van der Waals surface area contributed by atoms with Crippen LogP contribution in [-0.2, 0) is 14.4 Å². The zero-order valence-corrected chi connectivity index (χ0v) is 15.3. The summed E-state index contributed by atoms with van der Waals surface area (Å²) in [4.78, 5) is 37.4. The number of carbonyl (C=O) groups excluding carboxylic acids is 3. The van der Waals surface area contributed by atoms with Gasteiger partial charge in [-0.25, -0.2) is 0 Å². The van der Waals surface area contributed by atoms with Crippen molar-refractivity contribution in [3.8, 4) is 0 Å². The van der Waals surface area contributed by atoms with E-state index in [-0.39, 0.29) is 28.6 Å². The summed E-state index contributed by atoms with van der Waals surface area (Å²) in [5.74, 6) is 2.43. The number of rotatable bonds is 1. The Labute approximate surface area is 144 Å². The first-order valence-corrected chi connectivity index (χ1v) is 9.84. The molecule has 0 aromatic rings. The fourth-order valence-corrected chi connectivity index (χ4v) is 7.07. The van der Waals surface area contributed by atoms with Gasteiger partial charge in [0.25, 0.3) is 0 Å². The van der Waals surface area contributed by atoms with E-state index in [2.05, 4.69) is 13.8 Å². The number of hydrogen-bond acceptors (Lipinski definition) is 3. The van der Waals surface area contributed by atoms with E-state index in [9.17, 15) is 14.4 Å². The average molecular weight is 330 g/mol. The number of carbonyl (C=O) groups is 3. The summed E-state index contributed by atoms with van der Waals surface area (Å²) in [7, 11) is 0. The normalized spacial score (nSPS) is 50.9. The highest BCUT2D eigenvalue weighted by molar-refractivity contribution is 5.90. The molecule has 0 aliphatic heterocycles. The van der Waals surface area contributed by atoms with Crippen LogP contribution in [0, 0.1) is 40.4 Å². The minimum Gasteiger partial charge on any atom is -0.300 e. The molecule has 4 fully saturated rings. The molecule has 0 spiro atoms. The van der Waals surface area contributed by atoms with Crippen molar-refractivity contribution in [3.05, 3.63) is 0 Å². The standard InChI is InChI=1S/C21H30O3/c1-12(22)13-6-8-20(2)14(10-13)11-17(23)19-15-4-5-18(24)21(15,3)9-7-16(19)20/h13-16,19H,4-11H2,1-3H3/t13-,14-,15-,16-,19-,20+,21+/m1/s1. The van der Waals surface area contributed by atoms with E-state index in [0.717, 1.165) is 38.5 Å². The van der Waals surface area contributed by atoms with Crippen LogP contribution in [0.4, 0.5) is 0 Å². The first-order valence-electron chi connectivity index (χ1n) is 9.84. The van der Waals surface area contributed by atoms with Gasteiger partial charge in [0.1, 0.15) is 17.3 Å². The van der Waals surface area contributed by atoms with Crippen molar-refractivity contribution in [2.45, 2.75) is 72.1 Å². The maximum absolute atomic E-state index is 13.1. The molecular formula is C21H30O3. The van der Waals surface area contributed by atoms with Gasteiger partial charge < -0.3 is 0 Å². The van der Waals surface area contributed by atoms with Gasteiger partial charge >= 0.3 is 0 Å².